The average molecular weight is 554 g/mol. The molecule has 0 aliphatic carbocycles. The van der Waals surface area contributed by atoms with Crippen molar-refractivity contribution < 1.29 is 41.0 Å². The highest BCUT2D eigenvalue weighted by Gasteiger charge is 2.38. The number of fused-ring (bicyclic) bond motifs is 1. The first kappa shape index (κ1) is 29.6. The van der Waals surface area contributed by atoms with Crippen molar-refractivity contribution in [1.29, 1.82) is 0 Å². The predicted octanol–water partition coefficient (Wildman–Crippen LogP) is 5.41. The largest absolute Gasteiger partial charge is 0.490 e. The maximum Gasteiger partial charge on any atom is 0.490 e. The van der Waals surface area contributed by atoms with Crippen LogP contribution < -0.4 is 5.73 Å². The van der Waals surface area contributed by atoms with Crippen molar-refractivity contribution in [2.75, 3.05) is 6.61 Å². The molecule has 3 N–H and O–H groups in total. The highest BCUT2D eigenvalue weighted by Crippen LogP contribution is 2.27. The van der Waals surface area contributed by atoms with Crippen LogP contribution in [0.15, 0.2) is 67.1 Å². The molecule has 208 valence electrons. The molecule has 0 fully saturated rings. The third-order valence-corrected chi connectivity index (χ3v) is 5.46. The van der Waals surface area contributed by atoms with Gasteiger partial charge in [-0.3, -0.25) is 0 Å². The standard InChI is InChI=1S/C24H23F3N4O.C2HF3O2/c25-21-11-19(6-7-20(21)12-28)23-22-10-18(13-31(22)30-16-29-23)8-9-24(26,27)15-32-14-17-4-2-1-3-5-17;3-2(4,5)1(6)7/h1-7,10-11,13,16H,8-9,12,14-15,28H2;(H,6,7). The number of carboxylic acid groups (broad SMARTS) is 1. The number of halogens is 6. The fourth-order valence-electron chi connectivity index (χ4n) is 3.49. The summed E-state index contributed by atoms with van der Waals surface area (Å²) in [5.74, 6) is -6.13. The Balaban J connectivity index is 0.000000532. The van der Waals surface area contributed by atoms with Gasteiger partial charge in [0.1, 0.15) is 18.8 Å². The van der Waals surface area contributed by atoms with E-state index in [1.807, 2.05) is 30.3 Å². The number of nitrogens with zero attached hydrogens (tertiary/aromatic N) is 3. The van der Waals surface area contributed by atoms with E-state index in [4.69, 9.17) is 20.4 Å². The SMILES string of the molecule is NCc1ccc(-c2ncnn3cc(CCC(F)(F)COCc4ccccc4)cc23)cc1F.O=C(O)C(F)(F)F. The molecule has 13 heteroatoms. The Labute approximate surface area is 218 Å². The number of aryl methyl sites for hydroxylation is 1. The number of aliphatic carboxylic acids is 1. The molecule has 2 heterocycles. The molecule has 0 saturated carbocycles. The molecule has 0 unspecified atom stereocenters. The summed E-state index contributed by atoms with van der Waals surface area (Å²) in [5, 5.41) is 11.3. The fraction of sp³-hybridized carbons (Fsp3) is 0.269. The van der Waals surface area contributed by atoms with Gasteiger partial charge < -0.3 is 15.6 Å². The quantitative estimate of drug-likeness (QED) is 0.268. The van der Waals surface area contributed by atoms with Gasteiger partial charge >= 0.3 is 12.1 Å². The minimum atomic E-state index is -5.08. The second-order valence-electron chi connectivity index (χ2n) is 8.43. The summed E-state index contributed by atoms with van der Waals surface area (Å²) in [6.45, 7) is -0.401. The summed E-state index contributed by atoms with van der Waals surface area (Å²) >= 11 is 0. The summed E-state index contributed by atoms with van der Waals surface area (Å²) in [6.07, 6.45) is -2.26. The first-order valence-electron chi connectivity index (χ1n) is 11.5. The van der Waals surface area contributed by atoms with Crippen molar-refractivity contribution in [2.24, 2.45) is 5.73 Å². The number of benzene rings is 2. The Hall–Kier alpha value is -3.97. The molecule has 0 saturated heterocycles. The smallest absolute Gasteiger partial charge is 0.475 e. The van der Waals surface area contributed by atoms with Crippen LogP contribution in [0.5, 0.6) is 0 Å². The molecule has 0 aliphatic rings. The molecule has 2 aromatic carbocycles. The summed E-state index contributed by atoms with van der Waals surface area (Å²) < 4.78 is 81.3. The monoisotopic (exact) mass is 554 g/mol. The number of alkyl halides is 5. The van der Waals surface area contributed by atoms with Crippen LogP contribution in [-0.2, 0) is 29.1 Å². The Morgan fingerprint density at radius 2 is 1.72 bits per heavy atom. The second-order valence-corrected chi connectivity index (χ2v) is 8.43. The van der Waals surface area contributed by atoms with Gasteiger partial charge in [0.2, 0.25) is 0 Å². The van der Waals surface area contributed by atoms with Crippen LogP contribution in [0, 0.1) is 5.82 Å². The van der Waals surface area contributed by atoms with Crippen LogP contribution in [0.25, 0.3) is 16.8 Å². The van der Waals surface area contributed by atoms with Gasteiger partial charge in [0.05, 0.1) is 17.8 Å². The van der Waals surface area contributed by atoms with E-state index in [0.717, 1.165) is 5.56 Å². The fourth-order valence-corrected chi connectivity index (χ4v) is 3.49. The molecule has 0 atom stereocenters. The van der Waals surface area contributed by atoms with Crippen molar-refractivity contribution >= 4 is 11.5 Å². The van der Waals surface area contributed by atoms with Crippen LogP contribution >= 0.6 is 0 Å². The van der Waals surface area contributed by atoms with E-state index < -0.39 is 30.5 Å². The molecule has 0 radical (unpaired) electrons. The van der Waals surface area contributed by atoms with Crippen LogP contribution in [0.3, 0.4) is 0 Å². The number of carbonyl (C=O) groups is 1. The first-order valence-corrected chi connectivity index (χ1v) is 11.5. The molecule has 0 amide bonds. The van der Waals surface area contributed by atoms with Crippen molar-refractivity contribution in [3.05, 3.63) is 89.6 Å². The minimum absolute atomic E-state index is 0.101. The third kappa shape index (κ3) is 8.52. The second kappa shape index (κ2) is 12.7. The summed E-state index contributed by atoms with van der Waals surface area (Å²) in [7, 11) is 0. The molecule has 0 bridgehead atoms. The van der Waals surface area contributed by atoms with Gasteiger partial charge in [0.25, 0.3) is 5.92 Å². The van der Waals surface area contributed by atoms with Crippen LogP contribution in [0.1, 0.15) is 23.1 Å². The molecule has 4 aromatic rings. The number of carboxylic acids is 1. The maximum absolute atomic E-state index is 14.3. The van der Waals surface area contributed by atoms with Crippen LogP contribution in [0.4, 0.5) is 26.3 Å². The summed E-state index contributed by atoms with van der Waals surface area (Å²) in [4.78, 5) is 13.2. The molecule has 0 aliphatic heterocycles. The third-order valence-electron chi connectivity index (χ3n) is 5.46. The number of hydrogen-bond acceptors (Lipinski definition) is 5. The Morgan fingerprint density at radius 3 is 2.33 bits per heavy atom. The van der Waals surface area contributed by atoms with Crippen molar-refractivity contribution in [3.8, 4) is 11.3 Å². The lowest BCUT2D eigenvalue weighted by Gasteiger charge is -2.16. The lowest BCUT2D eigenvalue weighted by Crippen LogP contribution is -2.24. The van der Waals surface area contributed by atoms with Crippen molar-refractivity contribution in [2.45, 2.75) is 38.1 Å². The molecule has 2 aromatic heterocycles. The van der Waals surface area contributed by atoms with E-state index in [-0.39, 0.29) is 26.0 Å². The maximum atomic E-state index is 14.3. The van der Waals surface area contributed by atoms with E-state index in [1.54, 1.807) is 28.9 Å². The summed E-state index contributed by atoms with van der Waals surface area (Å²) in [5.41, 5.74) is 9.17. The van der Waals surface area contributed by atoms with Gasteiger partial charge in [0.15, 0.2) is 0 Å². The molecular weight excluding hydrogens is 530 g/mol. The zero-order chi connectivity index (χ0) is 28.6. The Morgan fingerprint density at radius 1 is 1.03 bits per heavy atom. The van der Waals surface area contributed by atoms with Gasteiger partial charge in [-0.2, -0.15) is 18.3 Å². The van der Waals surface area contributed by atoms with Gasteiger partial charge in [-0.15, -0.1) is 0 Å². The first-order chi connectivity index (χ1) is 18.4. The van der Waals surface area contributed by atoms with E-state index in [9.17, 15) is 26.3 Å². The highest BCUT2D eigenvalue weighted by atomic mass is 19.4. The van der Waals surface area contributed by atoms with Gasteiger partial charge in [0, 0.05) is 30.3 Å². The molecule has 39 heavy (non-hydrogen) atoms. The van der Waals surface area contributed by atoms with Crippen LogP contribution in [-0.4, -0.2) is 44.4 Å². The zero-order valence-electron chi connectivity index (χ0n) is 20.3. The predicted molar refractivity (Wildman–Crippen MR) is 129 cm³/mol. The molecule has 0 spiro atoms. The van der Waals surface area contributed by atoms with E-state index in [1.165, 1.54) is 12.4 Å². The number of nitrogens with two attached hydrogens (primary N) is 1. The highest BCUT2D eigenvalue weighted by molar-refractivity contribution is 5.77. The van der Waals surface area contributed by atoms with Crippen molar-refractivity contribution in [3.63, 3.8) is 0 Å². The minimum Gasteiger partial charge on any atom is -0.475 e. The number of aromatic nitrogens is 3. The lowest BCUT2D eigenvalue weighted by atomic mass is 10.1. The Kier molecular flexibility index (Phi) is 9.65. The molecular formula is C26H24F6N4O3. The van der Waals surface area contributed by atoms with Gasteiger partial charge in [-0.25, -0.2) is 27.5 Å². The van der Waals surface area contributed by atoms with Gasteiger partial charge in [-0.1, -0.05) is 42.5 Å². The molecule has 4 rings (SSSR count). The lowest BCUT2D eigenvalue weighted by molar-refractivity contribution is -0.192. The Bertz CT molecular complexity index is 1390. The van der Waals surface area contributed by atoms with E-state index >= 15 is 0 Å². The van der Waals surface area contributed by atoms with Crippen LogP contribution in [0.2, 0.25) is 0 Å². The van der Waals surface area contributed by atoms with Gasteiger partial charge in [-0.05, 0) is 29.7 Å². The number of hydrogen-bond donors (Lipinski definition) is 2. The average Bonchev–Trinajstić information content (AvgIpc) is 3.31. The normalized spacial score (nSPS) is 11.8. The van der Waals surface area contributed by atoms with E-state index in [2.05, 4.69) is 10.1 Å². The summed E-state index contributed by atoms with van der Waals surface area (Å²) in [6, 6.07) is 15.7. The number of ether oxygens (including phenoxy) is 1. The van der Waals surface area contributed by atoms with Crippen molar-refractivity contribution in [1.82, 2.24) is 14.6 Å². The number of rotatable bonds is 9. The zero-order valence-corrected chi connectivity index (χ0v) is 20.3. The van der Waals surface area contributed by atoms with E-state index in [0.29, 0.717) is 27.9 Å². The molecule has 7 nitrogen and oxygen atoms in total. The topological polar surface area (TPSA) is 103 Å².